The monoisotopic (exact) mass is 384 g/mol. The minimum Gasteiger partial charge on any atom is -0.391 e. The zero-order chi connectivity index (χ0) is 20.3. The van der Waals surface area contributed by atoms with E-state index in [4.69, 9.17) is 11.1 Å². The number of hydrogen-bond donors (Lipinski definition) is 2. The smallest absolute Gasteiger partial charge is 0.391 e. The van der Waals surface area contributed by atoms with Crippen LogP contribution in [0.25, 0.3) is 11.3 Å². The van der Waals surface area contributed by atoms with Gasteiger partial charge >= 0.3 is 6.09 Å². The molecule has 9 heteroatoms. The Bertz CT molecular complexity index is 1110. The highest BCUT2D eigenvalue weighted by Gasteiger charge is 2.10. The van der Waals surface area contributed by atoms with Crippen molar-refractivity contribution in [2.45, 2.75) is 6.54 Å². The van der Waals surface area contributed by atoms with Crippen molar-refractivity contribution in [3.05, 3.63) is 87.7 Å². The molecular formula is C19H14F2N4O3. The van der Waals surface area contributed by atoms with Crippen molar-refractivity contribution >= 4 is 12.0 Å². The summed E-state index contributed by atoms with van der Waals surface area (Å²) in [6.45, 7) is 0.0299. The molecule has 0 unspecified atom stereocenters. The van der Waals surface area contributed by atoms with Crippen LogP contribution in [0.4, 0.5) is 13.6 Å². The second kappa shape index (κ2) is 7.78. The average Bonchev–Trinajstić information content (AvgIpc) is 2.62. The van der Waals surface area contributed by atoms with Crippen LogP contribution in [-0.2, 0) is 11.3 Å². The van der Waals surface area contributed by atoms with Crippen LogP contribution in [0.2, 0.25) is 0 Å². The van der Waals surface area contributed by atoms with Crippen LogP contribution in [0.5, 0.6) is 0 Å². The Morgan fingerprint density at radius 2 is 1.82 bits per heavy atom. The third-order valence-corrected chi connectivity index (χ3v) is 3.75. The van der Waals surface area contributed by atoms with E-state index in [2.05, 4.69) is 9.84 Å². The molecule has 0 aliphatic rings. The lowest BCUT2D eigenvalue weighted by molar-refractivity contribution is 0.208. The van der Waals surface area contributed by atoms with Crippen LogP contribution in [0.3, 0.4) is 0 Å². The van der Waals surface area contributed by atoms with E-state index in [1.807, 2.05) is 0 Å². The van der Waals surface area contributed by atoms with Gasteiger partial charge in [0.05, 0.1) is 12.2 Å². The van der Waals surface area contributed by atoms with Gasteiger partial charge in [0.25, 0.3) is 5.56 Å². The molecule has 0 bridgehead atoms. The van der Waals surface area contributed by atoms with Gasteiger partial charge in [-0.3, -0.25) is 10.2 Å². The van der Waals surface area contributed by atoms with E-state index in [9.17, 15) is 18.4 Å². The molecule has 142 valence electrons. The lowest BCUT2D eigenvalue weighted by Gasteiger charge is -2.09. The van der Waals surface area contributed by atoms with Gasteiger partial charge in [-0.2, -0.15) is 5.10 Å². The molecule has 3 rings (SSSR count). The number of carbonyl (C=O) groups is 1. The summed E-state index contributed by atoms with van der Waals surface area (Å²) in [6.07, 6.45) is -1.11. The number of primary amides is 1. The molecule has 0 fully saturated rings. The summed E-state index contributed by atoms with van der Waals surface area (Å²) in [5.41, 5.74) is 5.76. The summed E-state index contributed by atoms with van der Waals surface area (Å²) < 4.78 is 32.6. The van der Waals surface area contributed by atoms with Crippen molar-refractivity contribution in [3.8, 4) is 11.3 Å². The van der Waals surface area contributed by atoms with E-state index in [0.29, 0.717) is 5.56 Å². The summed E-state index contributed by atoms with van der Waals surface area (Å²) in [5, 5.41) is 11.8. The number of carbonyl (C=O) groups excluding carboxylic acids is 1. The lowest BCUT2D eigenvalue weighted by atomic mass is 10.1. The van der Waals surface area contributed by atoms with Crippen LogP contribution in [-0.4, -0.2) is 21.8 Å². The van der Waals surface area contributed by atoms with Gasteiger partial charge < -0.3 is 10.5 Å². The van der Waals surface area contributed by atoms with Crippen molar-refractivity contribution in [3.63, 3.8) is 0 Å². The fourth-order valence-corrected chi connectivity index (χ4v) is 2.56. The molecule has 2 aromatic carbocycles. The van der Waals surface area contributed by atoms with Gasteiger partial charge in [-0.25, -0.2) is 18.3 Å². The number of nitrogens with two attached hydrogens (primary N) is 1. The third kappa shape index (κ3) is 4.44. The average molecular weight is 384 g/mol. The van der Waals surface area contributed by atoms with Crippen LogP contribution in [0, 0.1) is 17.0 Å². The summed E-state index contributed by atoms with van der Waals surface area (Å²) in [7, 11) is 0. The zero-order valence-electron chi connectivity index (χ0n) is 14.4. The van der Waals surface area contributed by atoms with Crippen LogP contribution in [0.1, 0.15) is 11.1 Å². The molecule has 1 amide bonds. The van der Waals surface area contributed by atoms with E-state index in [1.54, 1.807) is 12.1 Å². The SMILES string of the molecule is N=C(OC(N)=O)c1cccc(Cn2nc(-c3cc(F)cc(F)c3)ccc2=O)c1. The predicted molar refractivity (Wildman–Crippen MR) is 96.9 cm³/mol. The maximum atomic E-state index is 13.4. The van der Waals surface area contributed by atoms with Gasteiger partial charge in [-0.1, -0.05) is 12.1 Å². The number of aromatic nitrogens is 2. The molecule has 1 heterocycles. The molecule has 0 saturated carbocycles. The highest BCUT2D eigenvalue weighted by molar-refractivity contribution is 5.97. The maximum absolute atomic E-state index is 13.4. The van der Waals surface area contributed by atoms with Crippen molar-refractivity contribution in [1.82, 2.24) is 9.78 Å². The van der Waals surface area contributed by atoms with Crippen molar-refractivity contribution in [1.29, 1.82) is 5.41 Å². The standard InChI is InChI=1S/C19H14F2N4O3/c20-14-7-13(8-15(21)9-14)16-4-5-17(26)25(24-16)10-11-2-1-3-12(6-11)18(22)28-19(23)27/h1-9,22H,10H2,(H2,23,27). The number of benzene rings is 2. The van der Waals surface area contributed by atoms with Crippen LogP contribution < -0.4 is 11.3 Å². The Kier molecular flexibility index (Phi) is 5.25. The van der Waals surface area contributed by atoms with E-state index in [0.717, 1.165) is 22.9 Å². The molecule has 0 aliphatic carbocycles. The number of nitrogens with zero attached hydrogens (tertiary/aromatic N) is 2. The number of ether oxygens (including phenoxy) is 1. The molecular weight excluding hydrogens is 370 g/mol. The summed E-state index contributed by atoms with van der Waals surface area (Å²) in [4.78, 5) is 22.9. The quantitative estimate of drug-likeness (QED) is 0.532. The van der Waals surface area contributed by atoms with Crippen molar-refractivity contribution in [2.75, 3.05) is 0 Å². The van der Waals surface area contributed by atoms with E-state index in [1.165, 1.54) is 24.3 Å². The van der Waals surface area contributed by atoms with Crippen LogP contribution in [0.15, 0.2) is 59.4 Å². The predicted octanol–water partition coefficient (Wildman–Crippen LogP) is 2.66. The second-order valence-corrected chi connectivity index (χ2v) is 5.82. The second-order valence-electron chi connectivity index (χ2n) is 5.82. The number of hydrogen-bond acceptors (Lipinski definition) is 5. The number of amides is 1. The zero-order valence-corrected chi connectivity index (χ0v) is 14.4. The third-order valence-electron chi connectivity index (χ3n) is 3.75. The molecule has 0 saturated heterocycles. The first kappa shape index (κ1) is 18.9. The summed E-state index contributed by atoms with van der Waals surface area (Å²) in [6, 6.07) is 12.0. The molecule has 7 nitrogen and oxygen atoms in total. The molecule has 0 radical (unpaired) electrons. The van der Waals surface area contributed by atoms with Gasteiger partial charge in [0.1, 0.15) is 11.6 Å². The van der Waals surface area contributed by atoms with Crippen LogP contribution >= 0.6 is 0 Å². The van der Waals surface area contributed by atoms with E-state index >= 15 is 0 Å². The summed E-state index contributed by atoms with van der Waals surface area (Å²) in [5.74, 6) is -1.94. The first-order valence-corrected chi connectivity index (χ1v) is 8.01. The van der Waals surface area contributed by atoms with Gasteiger partial charge in [0.15, 0.2) is 0 Å². The maximum Gasteiger partial charge on any atom is 0.411 e. The number of halogens is 2. The van der Waals surface area contributed by atoms with Gasteiger partial charge in [-0.05, 0) is 35.9 Å². The minimum atomic E-state index is -1.11. The number of rotatable bonds is 4. The van der Waals surface area contributed by atoms with E-state index < -0.39 is 29.2 Å². The first-order chi connectivity index (χ1) is 13.3. The molecule has 3 aromatic rings. The van der Waals surface area contributed by atoms with Gasteiger partial charge in [-0.15, -0.1) is 0 Å². The van der Waals surface area contributed by atoms with E-state index in [-0.39, 0.29) is 23.4 Å². The van der Waals surface area contributed by atoms with Crippen molar-refractivity contribution in [2.24, 2.45) is 5.73 Å². The first-order valence-electron chi connectivity index (χ1n) is 8.01. The molecule has 0 spiro atoms. The topological polar surface area (TPSA) is 111 Å². The Balaban J connectivity index is 1.92. The molecule has 1 aromatic heterocycles. The highest BCUT2D eigenvalue weighted by atomic mass is 19.1. The van der Waals surface area contributed by atoms with Gasteiger partial charge in [0, 0.05) is 23.3 Å². The Morgan fingerprint density at radius 1 is 1.11 bits per heavy atom. The fourth-order valence-electron chi connectivity index (χ4n) is 2.56. The normalized spacial score (nSPS) is 10.5. The summed E-state index contributed by atoms with van der Waals surface area (Å²) >= 11 is 0. The Hall–Kier alpha value is -3.88. The molecule has 0 aliphatic heterocycles. The lowest BCUT2D eigenvalue weighted by Crippen LogP contribution is -2.23. The molecule has 3 N–H and O–H groups in total. The largest absolute Gasteiger partial charge is 0.411 e. The fraction of sp³-hybridized carbons (Fsp3) is 0.0526. The Labute approximate surface area is 157 Å². The highest BCUT2D eigenvalue weighted by Crippen LogP contribution is 2.18. The molecule has 0 atom stereocenters. The number of nitrogens with one attached hydrogen (secondary N) is 1. The van der Waals surface area contributed by atoms with Crippen molar-refractivity contribution < 1.29 is 18.3 Å². The van der Waals surface area contributed by atoms with Gasteiger partial charge in [0.2, 0.25) is 5.90 Å². The Morgan fingerprint density at radius 3 is 2.50 bits per heavy atom. The molecule has 28 heavy (non-hydrogen) atoms. The minimum absolute atomic E-state index is 0.0299.